The Morgan fingerprint density at radius 2 is 1.07 bits per heavy atom. The van der Waals surface area contributed by atoms with Crippen molar-refractivity contribution in [3.63, 3.8) is 0 Å². The lowest BCUT2D eigenvalue weighted by Gasteiger charge is -2.21. The van der Waals surface area contributed by atoms with Gasteiger partial charge in [0.1, 0.15) is 0 Å². The molecule has 1 aromatic heterocycles. The predicted octanol–water partition coefficient (Wildman–Crippen LogP) is 11.6. The fourth-order valence-corrected chi connectivity index (χ4v) is 7.52. The fourth-order valence-electron chi connectivity index (χ4n) is 7.52. The van der Waals surface area contributed by atoms with Crippen molar-refractivity contribution in [3.05, 3.63) is 163 Å². The van der Waals surface area contributed by atoms with Crippen LogP contribution < -0.4 is 0 Å². The average molecular weight is 562 g/mol. The molecule has 8 aromatic rings. The molecule has 0 unspecified atom stereocenters. The van der Waals surface area contributed by atoms with E-state index in [-0.39, 0.29) is 5.41 Å². The van der Waals surface area contributed by atoms with E-state index in [1.165, 1.54) is 82.8 Å². The lowest BCUT2D eigenvalue weighted by atomic mass is 9.82. The van der Waals surface area contributed by atoms with Gasteiger partial charge in [0.15, 0.2) is 0 Å². The van der Waals surface area contributed by atoms with E-state index in [9.17, 15) is 0 Å². The first-order chi connectivity index (χ1) is 21.6. The number of rotatable bonds is 3. The van der Waals surface area contributed by atoms with Gasteiger partial charge < -0.3 is 4.57 Å². The molecule has 1 heterocycles. The number of nitrogens with zero attached hydrogens (tertiary/aromatic N) is 1. The van der Waals surface area contributed by atoms with E-state index >= 15 is 0 Å². The van der Waals surface area contributed by atoms with Crippen LogP contribution in [0.3, 0.4) is 0 Å². The summed E-state index contributed by atoms with van der Waals surface area (Å²) in [4.78, 5) is 0. The van der Waals surface area contributed by atoms with Crippen molar-refractivity contribution in [2.24, 2.45) is 0 Å². The highest BCUT2D eigenvalue weighted by Crippen LogP contribution is 2.49. The number of hydrogen-bond acceptors (Lipinski definition) is 0. The molecule has 9 rings (SSSR count). The summed E-state index contributed by atoms with van der Waals surface area (Å²) >= 11 is 0. The normalized spacial score (nSPS) is 13.4. The Balaban J connectivity index is 1.16. The second-order valence-electron chi connectivity index (χ2n) is 12.6. The summed E-state index contributed by atoms with van der Waals surface area (Å²) in [6, 6.07) is 56.0. The molecule has 0 bridgehead atoms. The number of fused-ring (bicyclic) bond motifs is 7. The lowest BCUT2D eigenvalue weighted by Crippen LogP contribution is -2.14. The van der Waals surface area contributed by atoms with Gasteiger partial charge in [-0.3, -0.25) is 0 Å². The van der Waals surface area contributed by atoms with Crippen LogP contribution in [0.25, 0.3) is 71.6 Å². The highest BCUT2D eigenvalue weighted by Gasteiger charge is 2.35. The zero-order chi connectivity index (χ0) is 29.4. The van der Waals surface area contributed by atoms with Crippen molar-refractivity contribution in [3.8, 4) is 39.1 Å². The van der Waals surface area contributed by atoms with Crippen LogP contribution in [0.4, 0.5) is 0 Å². The summed E-state index contributed by atoms with van der Waals surface area (Å²) in [6.45, 7) is 4.68. The summed E-state index contributed by atoms with van der Waals surface area (Å²) in [7, 11) is 0. The Kier molecular flexibility index (Phi) is 5.31. The van der Waals surface area contributed by atoms with Crippen molar-refractivity contribution in [1.29, 1.82) is 0 Å². The third-order valence-corrected chi connectivity index (χ3v) is 9.78. The summed E-state index contributed by atoms with van der Waals surface area (Å²) in [6.07, 6.45) is 0. The third-order valence-electron chi connectivity index (χ3n) is 9.78. The minimum Gasteiger partial charge on any atom is -0.309 e. The lowest BCUT2D eigenvalue weighted by molar-refractivity contribution is 0.660. The number of benzene rings is 7. The van der Waals surface area contributed by atoms with Crippen LogP contribution in [0.5, 0.6) is 0 Å². The average Bonchev–Trinajstić information content (AvgIpc) is 3.53. The molecule has 0 aliphatic heterocycles. The highest BCUT2D eigenvalue weighted by atomic mass is 15.0. The smallest absolute Gasteiger partial charge is 0.0541 e. The monoisotopic (exact) mass is 561 g/mol. The minimum atomic E-state index is 0.0216. The Labute approximate surface area is 257 Å². The molecule has 0 spiro atoms. The highest BCUT2D eigenvalue weighted by molar-refractivity contribution is 6.10. The first-order valence-electron chi connectivity index (χ1n) is 15.4. The Morgan fingerprint density at radius 3 is 1.95 bits per heavy atom. The van der Waals surface area contributed by atoms with Crippen LogP contribution in [0, 0.1) is 0 Å². The molecule has 1 nitrogen and oxygen atoms in total. The van der Waals surface area contributed by atoms with Crippen molar-refractivity contribution >= 4 is 32.6 Å². The Bertz CT molecular complexity index is 2420. The molecule has 7 aromatic carbocycles. The molecule has 0 N–H and O–H groups in total. The van der Waals surface area contributed by atoms with Gasteiger partial charge in [-0.2, -0.15) is 0 Å². The molecular weight excluding hydrogens is 530 g/mol. The van der Waals surface area contributed by atoms with Gasteiger partial charge in [-0.25, -0.2) is 0 Å². The van der Waals surface area contributed by atoms with Gasteiger partial charge in [-0.1, -0.05) is 123 Å². The largest absolute Gasteiger partial charge is 0.309 e. The summed E-state index contributed by atoms with van der Waals surface area (Å²) in [5.74, 6) is 0. The zero-order valence-corrected chi connectivity index (χ0v) is 24.9. The fraction of sp³-hybridized carbons (Fsp3) is 0.0698. The molecule has 1 aliphatic rings. The van der Waals surface area contributed by atoms with Gasteiger partial charge in [0.05, 0.1) is 11.0 Å². The van der Waals surface area contributed by atoms with Gasteiger partial charge in [0.2, 0.25) is 0 Å². The van der Waals surface area contributed by atoms with Crippen molar-refractivity contribution in [2.75, 3.05) is 0 Å². The SMILES string of the molecule is CC1(C)c2ccccc2-c2cc(-c3cccc(-c4ccc5c(c4)c4ccccc4n5-c4ccc5ccccc5c4)c3)ccc21. The number of para-hydroxylation sites is 1. The van der Waals surface area contributed by atoms with E-state index in [1.54, 1.807) is 0 Å². The Morgan fingerprint density at radius 1 is 0.409 bits per heavy atom. The molecular formula is C43H31N. The summed E-state index contributed by atoms with van der Waals surface area (Å²) in [5, 5.41) is 5.06. The second-order valence-corrected chi connectivity index (χ2v) is 12.6. The maximum absolute atomic E-state index is 2.40. The van der Waals surface area contributed by atoms with Crippen molar-refractivity contribution in [2.45, 2.75) is 19.3 Å². The van der Waals surface area contributed by atoms with Crippen LogP contribution in [-0.4, -0.2) is 4.57 Å². The van der Waals surface area contributed by atoms with E-state index < -0.39 is 0 Å². The van der Waals surface area contributed by atoms with Gasteiger partial charge in [0, 0.05) is 21.9 Å². The van der Waals surface area contributed by atoms with Crippen LogP contribution in [0.15, 0.2) is 152 Å². The van der Waals surface area contributed by atoms with Crippen LogP contribution >= 0.6 is 0 Å². The minimum absolute atomic E-state index is 0.0216. The molecule has 44 heavy (non-hydrogen) atoms. The van der Waals surface area contributed by atoms with Gasteiger partial charge in [-0.05, 0) is 97.7 Å². The maximum atomic E-state index is 2.40. The standard InChI is InChI=1S/C43H31N/c1-43(2)39-16-7-5-14-35(39)37-26-32(19-22-40(37)43)29-12-9-13-30(24-29)33-20-23-42-38(27-33)36-15-6-8-17-41(36)44(42)34-21-18-28-10-3-4-11-31(28)25-34/h3-27H,1-2H3. The topological polar surface area (TPSA) is 4.93 Å². The van der Waals surface area contributed by atoms with Crippen LogP contribution in [0.2, 0.25) is 0 Å². The van der Waals surface area contributed by atoms with Crippen molar-refractivity contribution in [1.82, 2.24) is 4.57 Å². The zero-order valence-electron chi connectivity index (χ0n) is 24.9. The van der Waals surface area contributed by atoms with E-state index in [1.807, 2.05) is 0 Å². The second kappa shape index (κ2) is 9.30. The van der Waals surface area contributed by atoms with E-state index in [2.05, 4.69) is 170 Å². The van der Waals surface area contributed by atoms with Gasteiger partial charge >= 0.3 is 0 Å². The first kappa shape index (κ1) is 25.1. The maximum Gasteiger partial charge on any atom is 0.0541 e. The summed E-state index contributed by atoms with van der Waals surface area (Å²) in [5.41, 5.74) is 14.2. The number of hydrogen-bond donors (Lipinski definition) is 0. The first-order valence-corrected chi connectivity index (χ1v) is 15.4. The summed E-state index contributed by atoms with van der Waals surface area (Å²) < 4.78 is 2.40. The molecule has 0 fully saturated rings. The predicted molar refractivity (Wildman–Crippen MR) is 187 cm³/mol. The van der Waals surface area contributed by atoms with E-state index in [0.29, 0.717) is 0 Å². The molecule has 0 amide bonds. The number of aromatic nitrogens is 1. The van der Waals surface area contributed by atoms with Crippen LogP contribution in [0.1, 0.15) is 25.0 Å². The van der Waals surface area contributed by atoms with Crippen molar-refractivity contribution < 1.29 is 0 Å². The molecule has 0 radical (unpaired) electrons. The molecule has 0 saturated heterocycles. The van der Waals surface area contributed by atoms with E-state index in [4.69, 9.17) is 0 Å². The quantitative estimate of drug-likeness (QED) is 0.202. The van der Waals surface area contributed by atoms with Gasteiger partial charge in [0.25, 0.3) is 0 Å². The molecule has 208 valence electrons. The Hall–Kier alpha value is -5.40. The molecule has 0 saturated carbocycles. The molecule has 1 aliphatic carbocycles. The molecule has 1 heteroatoms. The van der Waals surface area contributed by atoms with Crippen LogP contribution in [-0.2, 0) is 5.41 Å². The third kappa shape index (κ3) is 3.66. The molecule has 0 atom stereocenters. The van der Waals surface area contributed by atoms with Gasteiger partial charge in [-0.15, -0.1) is 0 Å². The van der Waals surface area contributed by atoms with E-state index in [0.717, 1.165) is 0 Å².